The van der Waals surface area contributed by atoms with Gasteiger partial charge < -0.3 is 15.5 Å². The molecule has 0 unspecified atom stereocenters. The molecule has 1 spiro atoms. The van der Waals surface area contributed by atoms with Crippen LogP contribution < -0.4 is 10.6 Å². The molecule has 0 saturated carbocycles. The number of fused-ring (bicyclic) bond motifs is 2. The summed E-state index contributed by atoms with van der Waals surface area (Å²) in [5.74, 6) is 2.78. The first-order valence-corrected chi connectivity index (χ1v) is 7.79. The molecule has 0 amide bonds. The zero-order valence-electron chi connectivity index (χ0n) is 11.1. The van der Waals surface area contributed by atoms with Gasteiger partial charge in [-0.05, 0) is 51.3 Å². The molecule has 1 aromatic rings. The van der Waals surface area contributed by atoms with Gasteiger partial charge in [-0.1, -0.05) is 0 Å². The Morgan fingerprint density at radius 1 is 1.47 bits per heavy atom. The van der Waals surface area contributed by atoms with Crippen molar-refractivity contribution in [3.8, 4) is 0 Å². The van der Waals surface area contributed by atoms with Gasteiger partial charge in [0.25, 0.3) is 0 Å². The van der Waals surface area contributed by atoms with Gasteiger partial charge in [0.05, 0.1) is 5.54 Å². The van der Waals surface area contributed by atoms with E-state index < -0.39 is 0 Å². The third-order valence-electron chi connectivity index (χ3n) is 4.70. The molecular weight excluding hydrogens is 258 g/mol. The van der Waals surface area contributed by atoms with Crippen LogP contribution in [0.2, 0.25) is 0 Å². The van der Waals surface area contributed by atoms with Crippen molar-refractivity contribution in [2.24, 2.45) is 5.92 Å². The molecule has 3 saturated heterocycles. The Morgan fingerprint density at radius 3 is 2.95 bits per heavy atom. The maximum atomic E-state index is 4.36. The first kappa shape index (κ1) is 11.7. The predicted molar refractivity (Wildman–Crippen MR) is 76.0 cm³/mol. The summed E-state index contributed by atoms with van der Waals surface area (Å²) in [6, 6.07) is 0. The van der Waals surface area contributed by atoms with E-state index in [-0.39, 0.29) is 5.54 Å². The number of aromatic nitrogens is 2. The molecular formula is C13H19N5S. The molecule has 5 nitrogen and oxygen atoms in total. The lowest BCUT2D eigenvalue weighted by molar-refractivity contribution is 0.0189. The molecule has 1 atom stereocenters. The first-order valence-electron chi connectivity index (χ1n) is 7.02. The van der Waals surface area contributed by atoms with Gasteiger partial charge in [-0.15, -0.1) is 0 Å². The monoisotopic (exact) mass is 277 g/mol. The summed E-state index contributed by atoms with van der Waals surface area (Å²) < 4.78 is 4.21. The number of hydrogen-bond donors (Lipinski definition) is 2. The quantitative estimate of drug-likeness (QED) is 0.859. The maximum absolute atomic E-state index is 4.36. The lowest BCUT2D eigenvalue weighted by Crippen LogP contribution is -2.64. The fraction of sp³-hybridized carbons (Fsp3) is 0.692. The zero-order valence-corrected chi connectivity index (χ0v) is 12.0. The second-order valence-corrected chi connectivity index (χ2v) is 6.68. The normalized spacial score (nSPS) is 36.4. The lowest BCUT2D eigenvalue weighted by atomic mass is 9.72. The molecule has 4 aliphatic heterocycles. The summed E-state index contributed by atoms with van der Waals surface area (Å²) in [6.45, 7) is 5.68. The van der Waals surface area contributed by atoms with E-state index in [9.17, 15) is 0 Å². The molecule has 2 N–H and O–H groups in total. The number of rotatable bonds is 2. The minimum atomic E-state index is 0.276. The standard InChI is InChI=1S/C13H19N5S/c1-9-14-12(19-17-9)15-11-2-5-13(16-11)8-18-6-3-10(13)4-7-18/h2,10,16H,3-8H2,1H3,(H,14,15,17)/t13-/m0/s1. The van der Waals surface area contributed by atoms with Crippen LogP contribution in [-0.2, 0) is 0 Å². The SMILES string of the molecule is Cc1nsc(NC2=CC[C@@]3(CN4CCC3CC4)N2)n1. The smallest absolute Gasteiger partial charge is 0.208 e. The Hall–Kier alpha value is -1.14. The van der Waals surface area contributed by atoms with Crippen molar-refractivity contribution in [3.63, 3.8) is 0 Å². The van der Waals surface area contributed by atoms with E-state index in [2.05, 4.69) is 31.0 Å². The van der Waals surface area contributed by atoms with Crippen LogP contribution in [0, 0.1) is 12.8 Å². The van der Waals surface area contributed by atoms with Crippen LogP contribution in [-0.4, -0.2) is 39.4 Å². The number of nitrogens with zero attached hydrogens (tertiary/aromatic N) is 3. The highest BCUT2D eigenvalue weighted by atomic mass is 32.1. The first-order chi connectivity index (χ1) is 9.23. The van der Waals surface area contributed by atoms with Crippen LogP contribution in [0.5, 0.6) is 0 Å². The van der Waals surface area contributed by atoms with Crippen LogP contribution in [0.3, 0.4) is 0 Å². The van der Waals surface area contributed by atoms with Gasteiger partial charge >= 0.3 is 0 Å². The van der Waals surface area contributed by atoms with Crippen LogP contribution in [0.15, 0.2) is 11.9 Å². The molecule has 0 aliphatic carbocycles. The van der Waals surface area contributed by atoms with Gasteiger partial charge in [0.2, 0.25) is 5.13 Å². The molecule has 6 heteroatoms. The highest BCUT2D eigenvalue weighted by molar-refractivity contribution is 7.09. The minimum Gasteiger partial charge on any atom is -0.365 e. The Kier molecular flexibility index (Phi) is 2.57. The Labute approximate surface area is 117 Å². The average molecular weight is 277 g/mol. The molecule has 0 radical (unpaired) electrons. The maximum Gasteiger partial charge on any atom is 0.208 e. The summed E-state index contributed by atoms with van der Waals surface area (Å²) in [5, 5.41) is 8.00. The van der Waals surface area contributed by atoms with Gasteiger partial charge in [-0.3, -0.25) is 0 Å². The minimum absolute atomic E-state index is 0.276. The van der Waals surface area contributed by atoms with E-state index >= 15 is 0 Å². The Bertz CT molecular complexity index is 517. The fourth-order valence-electron chi connectivity index (χ4n) is 3.74. The summed E-state index contributed by atoms with van der Waals surface area (Å²) in [7, 11) is 0. The fourth-order valence-corrected chi connectivity index (χ4v) is 4.33. The lowest BCUT2D eigenvalue weighted by Gasteiger charge is -2.52. The van der Waals surface area contributed by atoms with E-state index in [1.54, 1.807) is 0 Å². The van der Waals surface area contributed by atoms with Gasteiger partial charge in [-0.25, -0.2) is 4.98 Å². The van der Waals surface area contributed by atoms with Crippen LogP contribution in [0.25, 0.3) is 0 Å². The number of nitrogens with one attached hydrogen (secondary N) is 2. The second kappa shape index (κ2) is 4.18. The molecule has 4 aliphatic rings. The third kappa shape index (κ3) is 1.94. The van der Waals surface area contributed by atoms with Gasteiger partial charge in [0, 0.05) is 18.1 Å². The van der Waals surface area contributed by atoms with Crippen LogP contribution in [0.4, 0.5) is 5.13 Å². The van der Waals surface area contributed by atoms with Crippen molar-refractivity contribution in [1.29, 1.82) is 0 Å². The molecule has 5 rings (SSSR count). The predicted octanol–water partition coefficient (Wildman–Crippen LogP) is 1.56. The molecule has 5 heterocycles. The van der Waals surface area contributed by atoms with Crippen molar-refractivity contribution in [3.05, 3.63) is 17.7 Å². The Balaban J connectivity index is 1.47. The van der Waals surface area contributed by atoms with Gasteiger partial charge in [0.1, 0.15) is 11.6 Å². The molecule has 102 valence electrons. The van der Waals surface area contributed by atoms with E-state index in [0.29, 0.717) is 0 Å². The van der Waals surface area contributed by atoms with E-state index in [4.69, 9.17) is 0 Å². The number of piperidine rings is 3. The van der Waals surface area contributed by atoms with E-state index in [0.717, 1.165) is 29.1 Å². The summed E-state index contributed by atoms with van der Waals surface area (Å²) in [4.78, 5) is 6.96. The Morgan fingerprint density at radius 2 is 2.32 bits per heavy atom. The molecule has 0 aromatic carbocycles. The van der Waals surface area contributed by atoms with Crippen LogP contribution >= 0.6 is 11.5 Å². The van der Waals surface area contributed by atoms with Crippen molar-refractivity contribution in [2.45, 2.75) is 31.7 Å². The highest BCUT2D eigenvalue weighted by Gasteiger charge is 2.48. The summed E-state index contributed by atoms with van der Waals surface area (Å²) in [6.07, 6.45) is 6.10. The van der Waals surface area contributed by atoms with Crippen molar-refractivity contribution in [2.75, 3.05) is 25.0 Å². The largest absolute Gasteiger partial charge is 0.365 e. The molecule has 2 bridgehead atoms. The van der Waals surface area contributed by atoms with E-state index in [1.165, 1.54) is 44.0 Å². The summed E-state index contributed by atoms with van der Waals surface area (Å²) >= 11 is 1.42. The van der Waals surface area contributed by atoms with Crippen molar-refractivity contribution >= 4 is 16.7 Å². The summed E-state index contributed by atoms with van der Waals surface area (Å²) in [5.41, 5.74) is 0.276. The highest BCUT2D eigenvalue weighted by Crippen LogP contribution is 2.41. The second-order valence-electron chi connectivity index (χ2n) is 5.93. The van der Waals surface area contributed by atoms with E-state index in [1.807, 2.05) is 6.92 Å². The topological polar surface area (TPSA) is 53.1 Å². The number of anilines is 1. The van der Waals surface area contributed by atoms with Crippen LogP contribution in [0.1, 0.15) is 25.1 Å². The molecule has 3 fully saturated rings. The molecule has 19 heavy (non-hydrogen) atoms. The third-order valence-corrected chi connectivity index (χ3v) is 5.42. The van der Waals surface area contributed by atoms with Crippen molar-refractivity contribution in [1.82, 2.24) is 19.6 Å². The average Bonchev–Trinajstić information content (AvgIpc) is 2.99. The van der Waals surface area contributed by atoms with Gasteiger partial charge in [0.15, 0.2) is 0 Å². The number of hydrogen-bond acceptors (Lipinski definition) is 6. The zero-order chi connectivity index (χ0) is 12.9. The molecule has 1 aromatic heterocycles. The van der Waals surface area contributed by atoms with Gasteiger partial charge in [-0.2, -0.15) is 4.37 Å². The number of aryl methyl sites for hydroxylation is 1. The van der Waals surface area contributed by atoms with Crippen molar-refractivity contribution < 1.29 is 0 Å².